The van der Waals surface area contributed by atoms with Gasteiger partial charge in [0.2, 0.25) is 0 Å². The third kappa shape index (κ3) is 4.78. The first-order valence-electron chi connectivity index (χ1n) is 6.28. The van der Waals surface area contributed by atoms with Crippen molar-refractivity contribution in [2.75, 3.05) is 27.4 Å². The van der Waals surface area contributed by atoms with Gasteiger partial charge >= 0.3 is 0 Å². The molecule has 1 rings (SSSR count). The fraction of sp³-hybridized carbons (Fsp3) is 1.00. The Kier molecular flexibility index (Phi) is 6.96. The zero-order chi connectivity index (χ0) is 11.8. The highest BCUT2D eigenvalue weighted by Gasteiger charge is 2.26. The number of hydrogen-bond acceptors (Lipinski definition) is 4. The number of ether oxygens (including phenoxy) is 2. The molecule has 1 saturated carbocycles. The SMILES string of the molecule is COCCCC(N)CNC1CCCC1OC. The molecule has 4 heteroatoms. The van der Waals surface area contributed by atoms with Gasteiger partial charge in [0.15, 0.2) is 0 Å². The van der Waals surface area contributed by atoms with Crippen molar-refractivity contribution in [2.45, 2.75) is 50.3 Å². The van der Waals surface area contributed by atoms with Gasteiger partial charge in [-0.25, -0.2) is 0 Å². The molecule has 3 atom stereocenters. The predicted molar refractivity (Wildman–Crippen MR) is 65.5 cm³/mol. The van der Waals surface area contributed by atoms with Crippen molar-refractivity contribution in [3.05, 3.63) is 0 Å². The van der Waals surface area contributed by atoms with Gasteiger partial charge in [0, 0.05) is 39.5 Å². The van der Waals surface area contributed by atoms with E-state index in [0.29, 0.717) is 12.1 Å². The summed E-state index contributed by atoms with van der Waals surface area (Å²) in [6, 6.07) is 0.728. The van der Waals surface area contributed by atoms with Crippen LogP contribution in [0.2, 0.25) is 0 Å². The van der Waals surface area contributed by atoms with Crippen LogP contribution in [-0.4, -0.2) is 45.6 Å². The third-order valence-corrected chi connectivity index (χ3v) is 3.32. The Morgan fingerprint density at radius 1 is 1.38 bits per heavy atom. The lowest BCUT2D eigenvalue weighted by atomic mass is 10.1. The van der Waals surface area contributed by atoms with Crippen molar-refractivity contribution in [1.29, 1.82) is 0 Å². The first-order chi connectivity index (χ1) is 7.77. The standard InChI is InChI=1S/C12H26N2O2/c1-15-8-4-5-10(13)9-14-11-6-3-7-12(11)16-2/h10-12,14H,3-9,13H2,1-2H3. The quantitative estimate of drug-likeness (QED) is 0.608. The van der Waals surface area contributed by atoms with E-state index in [9.17, 15) is 0 Å². The molecular weight excluding hydrogens is 204 g/mol. The first-order valence-corrected chi connectivity index (χ1v) is 6.28. The average Bonchev–Trinajstić information content (AvgIpc) is 2.74. The zero-order valence-corrected chi connectivity index (χ0v) is 10.6. The smallest absolute Gasteiger partial charge is 0.0724 e. The minimum absolute atomic E-state index is 0.230. The van der Waals surface area contributed by atoms with E-state index >= 15 is 0 Å². The van der Waals surface area contributed by atoms with E-state index in [1.54, 1.807) is 14.2 Å². The fourth-order valence-electron chi connectivity index (χ4n) is 2.34. The molecule has 1 fully saturated rings. The van der Waals surface area contributed by atoms with E-state index in [2.05, 4.69) is 5.32 Å². The minimum atomic E-state index is 0.230. The molecule has 3 unspecified atom stereocenters. The average molecular weight is 230 g/mol. The number of methoxy groups -OCH3 is 2. The first kappa shape index (κ1) is 13.9. The molecule has 0 radical (unpaired) electrons. The summed E-state index contributed by atoms with van der Waals surface area (Å²) in [4.78, 5) is 0. The Bertz CT molecular complexity index is 178. The molecular formula is C12H26N2O2. The summed E-state index contributed by atoms with van der Waals surface area (Å²) >= 11 is 0. The summed E-state index contributed by atoms with van der Waals surface area (Å²) in [7, 11) is 3.52. The number of nitrogens with two attached hydrogens (primary N) is 1. The Labute approximate surface area is 98.9 Å². The van der Waals surface area contributed by atoms with Gasteiger partial charge in [-0.15, -0.1) is 0 Å². The van der Waals surface area contributed by atoms with Gasteiger partial charge in [0.25, 0.3) is 0 Å². The van der Waals surface area contributed by atoms with Crippen molar-refractivity contribution in [1.82, 2.24) is 5.32 Å². The van der Waals surface area contributed by atoms with Gasteiger partial charge in [0.05, 0.1) is 6.10 Å². The summed E-state index contributed by atoms with van der Waals surface area (Å²) in [5.41, 5.74) is 6.02. The largest absolute Gasteiger partial charge is 0.385 e. The molecule has 1 aliphatic rings. The maximum absolute atomic E-state index is 6.02. The molecule has 0 amide bonds. The second-order valence-corrected chi connectivity index (χ2v) is 4.61. The van der Waals surface area contributed by atoms with Crippen LogP contribution >= 0.6 is 0 Å². The molecule has 0 aromatic heterocycles. The predicted octanol–water partition coefficient (Wildman–Crippen LogP) is 0.897. The summed E-state index contributed by atoms with van der Waals surface area (Å²) in [5, 5.41) is 3.52. The molecule has 0 saturated heterocycles. The molecule has 4 nitrogen and oxygen atoms in total. The van der Waals surface area contributed by atoms with Gasteiger partial charge in [-0.1, -0.05) is 0 Å². The van der Waals surface area contributed by atoms with Crippen molar-refractivity contribution >= 4 is 0 Å². The van der Waals surface area contributed by atoms with E-state index < -0.39 is 0 Å². The highest BCUT2D eigenvalue weighted by molar-refractivity contribution is 4.84. The Morgan fingerprint density at radius 3 is 2.88 bits per heavy atom. The number of nitrogens with one attached hydrogen (secondary N) is 1. The fourth-order valence-corrected chi connectivity index (χ4v) is 2.34. The van der Waals surface area contributed by atoms with Crippen LogP contribution in [0.15, 0.2) is 0 Å². The lowest BCUT2D eigenvalue weighted by Gasteiger charge is -2.22. The van der Waals surface area contributed by atoms with E-state index in [-0.39, 0.29) is 6.04 Å². The van der Waals surface area contributed by atoms with Crippen LogP contribution in [0, 0.1) is 0 Å². The molecule has 0 heterocycles. The van der Waals surface area contributed by atoms with Crippen molar-refractivity contribution in [3.63, 3.8) is 0 Å². The highest BCUT2D eigenvalue weighted by Crippen LogP contribution is 2.21. The Balaban J connectivity index is 2.08. The van der Waals surface area contributed by atoms with Gasteiger partial charge in [0.1, 0.15) is 0 Å². The maximum atomic E-state index is 6.02. The number of rotatable bonds is 8. The maximum Gasteiger partial charge on any atom is 0.0724 e. The summed E-state index contributed by atoms with van der Waals surface area (Å²) in [6.07, 6.45) is 6.08. The molecule has 0 bridgehead atoms. The zero-order valence-electron chi connectivity index (χ0n) is 10.6. The van der Waals surface area contributed by atoms with Gasteiger partial charge in [-0.3, -0.25) is 0 Å². The molecule has 0 aromatic carbocycles. The molecule has 1 aliphatic carbocycles. The van der Waals surface area contributed by atoms with E-state index in [4.69, 9.17) is 15.2 Å². The van der Waals surface area contributed by atoms with Crippen LogP contribution in [0.1, 0.15) is 32.1 Å². The van der Waals surface area contributed by atoms with Crippen LogP contribution in [0.3, 0.4) is 0 Å². The molecule has 0 spiro atoms. The van der Waals surface area contributed by atoms with Crippen molar-refractivity contribution < 1.29 is 9.47 Å². The van der Waals surface area contributed by atoms with Crippen LogP contribution in [0.25, 0.3) is 0 Å². The third-order valence-electron chi connectivity index (χ3n) is 3.32. The molecule has 3 N–H and O–H groups in total. The molecule has 16 heavy (non-hydrogen) atoms. The Hall–Kier alpha value is -0.160. The number of hydrogen-bond donors (Lipinski definition) is 2. The van der Waals surface area contributed by atoms with E-state index in [0.717, 1.165) is 26.0 Å². The lowest BCUT2D eigenvalue weighted by Crippen LogP contribution is -2.43. The highest BCUT2D eigenvalue weighted by atomic mass is 16.5. The van der Waals surface area contributed by atoms with E-state index in [1.165, 1.54) is 19.3 Å². The molecule has 0 aromatic rings. The van der Waals surface area contributed by atoms with Gasteiger partial charge < -0.3 is 20.5 Å². The van der Waals surface area contributed by atoms with Crippen LogP contribution in [0.4, 0.5) is 0 Å². The second-order valence-electron chi connectivity index (χ2n) is 4.61. The summed E-state index contributed by atoms with van der Waals surface area (Å²) in [6.45, 7) is 1.69. The van der Waals surface area contributed by atoms with Crippen molar-refractivity contribution in [3.8, 4) is 0 Å². The molecule has 0 aliphatic heterocycles. The normalized spacial score (nSPS) is 27.2. The second kappa shape index (κ2) is 8.01. The Morgan fingerprint density at radius 2 is 2.19 bits per heavy atom. The van der Waals surface area contributed by atoms with Gasteiger partial charge in [-0.2, -0.15) is 0 Å². The van der Waals surface area contributed by atoms with Crippen LogP contribution < -0.4 is 11.1 Å². The minimum Gasteiger partial charge on any atom is -0.385 e. The summed E-state index contributed by atoms with van der Waals surface area (Å²) < 4.78 is 10.4. The summed E-state index contributed by atoms with van der Waals surface area (Å²) in [5.74, 6) is 0. The topological polar surface area (TPSA) is 56.5 Å². The van der Waals surface area contributed by atoms with Gasteiger partial charge in [-0.05, 0) is 32.1 Å². The monoisotopic (exact) mass is 230 g/mol. The van der Waals surface area contributed by atoms with Crippen molar-refractivity contribution in [2.24, 2.45) is 5.73 Å². The lowest BCUT2D eigenvalue weighted by molar-refractivity contribution is 0.0846. The van der Waals surface area contributed by atoms with Crippen LogP contribution in [-0.2, 0) is 9.47 Å². The van der Waals surface area contributed by atoms with E-state index in [1.807, 2.05) is 0 Å². The van der Waals surface area contributed by atoms with Crippen LogP contribution in [0.5, 0.6) is 0 Å². The molecule has 96 valence electrons.